The van der Waals surface area contributed by atoms with Gasteiger partial charge in [0.25, 0.3) is 6.43 Å². The molecule has 0 fully saturated rings. The molecule has 0 aromatic carbocycles. The van der Waals surface area contributed by atoms with Gasteiger partial charge in [0, 0.05) is 4.47 Å². The molecule has 0 saturated heterocycles. The second-order valence-corrected chi connectivity index (χ2v) is 3.71. The van der Waals surface area contributed by atoms with Gasteiger partial charge in [-0.1, -0.05) is 0 Å². The van der Waals surface area contributed by atoms with E-state index >= 15 is 0 Å². The molecular formula is C8H5BrClF2NO2. The molecule has 7 heteroatoms. The number of halogens is 4. The number of aromatic carboxylic acids is 1. The fraction of sp³-hybridized carbons (Fsp3) is 0.250. The Labute approximate surface area is 97.2 Å². The van der Waals surface area contributed by atoms with E-state index in [0.717, 1.165) is 6.07 Å². The topological polar surface area (TPSA) is 50.2 Å². The number of carboxylic acids is 1. The van der Waals surface area contributed by atoms with Gasteiger partial charge in [-0.05, 0) is 22.0 Å². The van der Waals surface area contributed by atoms with Gasteiger partial charge in [-0.3, -0.25) is 0 Å². The van der Waals surface area contributed by atoms with Gasteiger partial charge in [-0.2, -0.15) is 0 Å². The first-order chi connectivity index (χ1) is 6.97. The van der Waals surface area contributed by atoms with Crippen molar-refractivity contribution in [1.29, 1.82) is 0 Å². The number of nitrogens with zero attached hydrogens (tertiary/aromatic N) is 1. The van der Waals surface area contributed by atoms with Crippen molar-refractivity contribution >= 4 is 33.5 Å². The second-order valence-electron chi connectivity index (χ2n) is 2.59. The van der Waals surface area contributed by atoms with Crippen LogP contribution in [-0.4, -0.2) is 16.1 Å². The molecule has 0 unspecified atom stereocenters. The molecule has 82 valence electrons. The molecule has 1 aromatic heterocycles. The van der Waals surface area contributed by atoms with E-state index in [1.165, 1.54) is 0 Å². The van der Waals surface area contributed by atoms with Crippen molar-refractivity contribution in [2.75, 3.05) is 0 Å². The van der Waals surface area contributed by atoms with Crippen LogP contribution in [0.4, 0.5) is 8.78 Å². The summed E-state index contributed by atoms with van der Waals surface area (Å²) in [6.07, 6.45) is -2.77. The quantitative estimate of drug-likeness (QED) is 0.872. The van der Waals surface area contributed by atoms with E-state index in [4.69, 9.17) is 16.7 Å². The maximum atomic E-state index is 12.4. The van der Waals surface area contributed by atoms with Crippen molar-refractivity contribution in [3.63, 3.8) is 0 Å². The van der Waals surface area contributed by atoms with Crippen LogP contribution in [0.1, 0.15) is 28.2 Å². The summed E-state index contributed by atoms with van der Waals surface area (Å²) in [7, 11) is 0. The molecule has 0 bridgehead atoms. The van der Waals surface area contributed by atoms with Crippen LogP contribution in [-0.2, 0) is 5.88 Å². The Balaban J connectivity index is 3.35. The van der Waals surface area contributed by atoms with Crippen molar-refractivity contribution in [3.05, 3.63) is 27.5 Å². The average molecular weight is 300 g/mol. The molecule has 1 rings (SSSR count). The Morgan fingerprint density at radius 2 is 2.27 bits per heavy atom. The maximum Gasteiger partial charge on any atom is 0.337 e. The predicted octanol–water partition coefficient (Wildman–Crippen LogP) is 3.22. The molecule has 0 aliphatic heterocycles. The molecule has 0 saturated carbocycles. The Hall–Kier alpha value is -0.750. The molecule has 15 heavy (non-hydrogen) atoms. The van der Waals surface area contributed by atoms with Gasteiger partial charge in [-0.15, -0.1) is 11.6 Å². The van der Waals surface area contributed by atoms with Crippen molar-refractivity contribution in [2.45, 2.75) is 12.3 Å². The Morgan fingerprint density at radius 3 is 2.67 bits per heavy atom. The fourth-order valence-electron chi connectivity index (χ4n) is 0.983. The summed E-state index contributed by atoms with van der Waals surface area (Å²) in [6, 6.07) is 1.08. The minimum absolute atomic E-state index is 0.0382. The molecule has 0 radical (unpaired) electrons. The zero-order chi connectivity index (χ0) is 11.6. The number of hydrogen-bond acceptors (Lipinski definition) is 2. The summed E-state index contributed by atoms with van der Waals surface area (Å²) in [5.74, 6) is -1.48. The third-order valence-electron chi connectivity index (χ3n) is 1.65. The minimum atomic E-state index is -2.77. The van der Waals surface area contributed by atoms with Crippen LogP contribution in [0.5, 0.6) is 0 Å². The van der Waals surface area contributed by atoms with E-state index in [2.05, 4.69) is 20.9 Å². The number of carbonyl (C=O) groups is 1. The van der Waals surface area contributed by atoms with Crippen LogP contribution in [0.25, 0.3) is 0 Å². The molecule has 1 aromatic rings. The lowest BCUT2D eigenvalue weighted by Crippen LogP contribution is -2.07. The highest BCUT2D eigenvalue weighted by Gasteiger charge is 2.19. The Morgan fingerprint density at radius 1 is 1.67 bits per heavy atom. The summed E-state index contributed by atoms with van der Waals surface area (Å²) in [4.78, 5) is 14.2. The highest BCUT2D eigenvalue weighted by Crippen LogP contribution is 2.28. The van der Waals surface area contributed by atoms with Gasteiger partial charge in [0.2, 0.25) is 0 Å². The zero-order valence-corrected chi connectivity index (χ0v) is 9.52. The molecule has 0 amide bonds. The fourth-order valence-corrected chi connectivity index (χ4v) is 1.68. The van der Waals surface area contributed by atoms with Crippen LogP contribution >= 0.6 is 27.5 Å². The molecule has 3 nitrogen and oxygen atoms in total. The highest BCUT2D eigenvalue weighted by molar-refractivity contribution is 9.10. The van der Waals surface area contributed by atoms with Crippen LogP contribution in [0, 0.1) is 0 Å². The lowest BCUT2D eigenvalue weighted by atomic mass is 10.2. The van der Waals surface area contributed by atoms with Crippen LogP contribution in [0.15, 0.2) is 10.5 Å². The number of aromatic nitrogens is 1. The summed E-state index contributed by atoms with van der Waals surface area (Å²) >= 11 is 8.25. The Kier molecular flexibility index (Phi) is 3.98. The molecule has 0 aliphatic rings. The summed E-state index contributed by atoms with van der Waals surface area (Å²) in [5.41, 5.74) is -0.750. The molecular weight excluding hydrogens is 295 g/mol. The summed E-state index contributed by atoms with van der Waals surface area (Å²) in [6.45, 7) is 0. The molecule has 0 aliphatic carbocycles. The first kappa shape index (κ1) is 12.3. The molecule has 1 heterocycles. The SMILES string of the molecule is O=C(O)c1cc(Br)c(C(F)F)nc1CCl. The summed E-state index contributed by atoms with van der Waals surface area (Å²) in [5, 5.41) is 8.74. The number of carboxylic acid groups (broad SMARTS) is 1. The number of hydrogen-bond donors (Lipinski definition) is 1. The maximum absolute atomic E-state index is 12.4. The summed E-state index contributed by atoms with van der Waals surface area (Å²) < 4.78 is 24.7. The van der Waals surface area contributed by atoms with Crippen LogP contribution < -0.4 is 0 Å². The van der Waals surface area contributed by atoms with Gasteiger partial charge in [0.15, 0.2) is 0 Å². The van der Waals surface area contributed by atoms with Crippen molar-refractivity contribution in [3.8, 4) is 0 Å². The monoisotopic (exact) mass is 299 g/mol. The number of rotatable bonds is 3. The third kappa shape index (κ3) is 2.63. The van der Waals surface area contributed by atoms with Crippen LogP contribution in [0.3, 0.4) is 0 Å². The number of pyridine rings is 1. The van der Waals surface area contributed by atoms with Gasteiger partial charge < -0.3 is 5.11 Å². The minimum Gasteiger partial charge on any atom is -0.478 e. The average Bonchev–Trinajstić information content (AvgIpc) is 2.16. The predicted molar refractivity (Wildman–Crippen MR) is 53.4 cm³/mol. The lowest BCUT2D eigenvalue weighted by Gasteiger charge is -2.07. The smallest absolute Gasteiger partial charge is 0.337 e. The van der Waals surface area contributed by atoms with Gasteiger partial charge in [0.1, 0.15) is 5.69 Å². The molecule has 1 N–H and O–H groups in total. The highest BCUT2D eigenvalue weighted by atomic mass is 79.9. The Bertz CT molecular complexity index is 400. The van der Waals surface area contributed by atoms with E-state index in [0.29, 0.717) is 0 Å². The van der Waals surface area contributed by atoms with Crippen molar-refractivity contribution in [1.82, 2.24) is 4.98 Å². The van der Waals surface area contributed by atoms with E-state index < -0.39 is 18.1 Å². The van der Waals surface area contributed by atoms with E-state index in [9.17, 15) is 13.6 Å². The third-order valence-corrected chi connectivity index (χ3v) is 2.53. The van der Waals surface area contributed by atoms with Gasteiger partial charge >= 0.3 is 5.97 Å². The van der Waals surface area contributed by atoms with Crippen molar-refractivity contribution < 1.29 is 18.7 Å². The standard InChI is InChI=1S/C8H5BrClF2NO2/c9-4-1-3(8(14)15)5(2-10)13-6(4)7(11)12/h1,7H,2H2,(H,14,15). The largest absolute Gasteiger partial charge is 0.478 e. The molecule has 0 atom stereocenters. The molecule has 0 spiro atoms. The lowest BCUT2D eigenvalue weighted by molar-refractivity contribution is 0.0694. The van der Waals surface area contributed by atoms with Crippen LogP contribution in [0.2, 0.25) is 0 Å². The van der Waals surface area contributed by atoms with E-state index in [1.807, 2.05) is 0 Å². The first-order valence-electron chi connectivity index (χ1n) is 3.74. The normalized spacial score (nSPS) is 10.7. The van der Waals surface area contributed by atoms with E-state index in [1.54, 1.807) is 0 Å². The van der Waals surface area contributed by atoms with Gasteiger partial charge in [0.05, 0.1) is 17.1 Å². The second kappa shape index (κ2) is 4.85. The zero-order valence-electron chi connectivity index (χ0n) is 7.18. The first-order valence-corrected chi connectivity index (χ1v) is 5.06. The van der Waals surface area contributed by atoms with E-state index in [-0.39, 0.29) is 21.6 Å². The van der Waals surface area contributed by atoms with Gasteiger partial charge in [-0.25, -0.2) is 18.6 Å². The number of alkyl halides is 3. The van der Waals surface area contributed by atoms with Crippen molar-refractivity contribution in [2.24, 2.45) is 0 Å².